The van der Waals surface area contributed by atoms with E-state index in [0.29, 0.717) is 5.56 Å². The third kappa shape index (κ3) is 2.80. The second-order valence-corrected chi connectivity index (χ2v) is 3.59. The summed E-state index contributed by atoms with van der Waals surface area (Å²) in [6, 6.07) is 1.89. The molecule has 0 saturated heterocycles. The Balaban J connectivity index is 3.28. The molecule has 0 aliphatic heterocycles. The summed E-state index contributed by atoms with van der Waals surface area (Å²) >= 11 is 5.72. The predicted molar refractivity (Wildman–Crippen MR) is 55.8 cm³/mol. The minimum atomic E-state index is -4.40. The fourth-order valence-electron chi connectivity index (χ4n) is 1.36. The zero-order valence-corrected chi connectivity index (χ0v) is 9.54. The largest absolute Gasteiger partial charge is 0.495 e. The minimum Gasteiger partial charge on any atom is -0.495 e. The zero-order chi connectivity index (χ0) is 12.3. The van der Waals surface area contributed by atoms with Gasteiger partial charge >= 0.3 is 6.18 Å². The average molecular weight is 254 g/mol. The highest BCUT2D eigenvalue weighted by atomic mass is 35.5. The van der Waals surface area contributed by atoms with Gasteiger partial charge in [-0.1, -0.05) is 11.6 Å². The molecule has 0 aliphatic carbocycles. The van der Waals surface area contributed by atoms with Crippen molar-refractivity contribution in [1.82, 2.24) is 5.32 Å². The molecule has 1 aromatic rings. The van der Waals surface area contributed by atoms with Crippen LogP contribution in [0.15, 0.2) is 12.1 Å². The van der Waals surface area contributed by atoms with Gasteiger partial charge in [0, 0.05) is 12.1 Å². The average Bonchev–Trinajstić information content (AvgIpc) is 2.16. The van der Waals surface area contributed by atoms with Crippen LogP contribution in [0.5, 0.6) is 5.75 Å². The normalized spacial score (nSPS) is 11.6. The van der Waals surface area contributed by atoms with Gasteiger partial charge in [0.1, 0.15) is 5.75 Å². The number of benzene rings is 1. The SMILES string of the molecule is CNCc1cc(C(F)(F)F)cc(Cl)c1OC. The van der Waals surface area contributed by atoms with Crippen LogP contribution in [0.25, 0.3) is 0 Å². The molecule has 0 heterocycles. The van der Waals surface area contributed by atoms with Crippen molar-refractivity contribution >= 4 is 11.6 Å². The number of methoxy groups -OCH3 is 1. The highest BCUT2D eigenvalue weighted by Gasteiger charge is 2.32. The first kappa shape index (κ1) is 13.1. The summed E-state index contributed by atoms with van der Waals surface area (Å²) < 4.78 is 42.5. The number of ether oxygens (including phenoxy) is 1. The molecule has 0 amide bonds. The van der Waals surface area contributed by atoms with Gasteiger partial charge in [-0.15, -0.1) is 0 Å². The molecule has 0 saturated carbocycles. The van der Waals surface area contributed by atoms with E-state index in [0.717, 1.165) is 12.1 Å². The predicted octanol–water partition coefficient (Wildman–Crippen LogP) is 3.09. The number of nitrogens with one attached hydrogen (secondary N) is 1. The first-order valence-electron chi connectivity index (χ1n) is 4.48. The van der Waals surface area contributed by atoms with Crippen LogP contribution in [-0.2, 0) is 12.7 Å². The highest BCUT2D eigenvalue weighted by Crippen LogP contribution is 2.37. The van der Waals surface area contributed by atoms with E-state index in [1.54, 1.807) is 7.05 Å². The van der Waals surface area contributed by atoms with Crippen LogP contribution in [0.4, 0.5) is 13.2 Å². The summed E-state index contributed by atoms with van der Waals surface area (Å²) in [5.74, 6) is 0.268. The lowest BCUT2D eigenvalue weighted by atomic mass is 10.1. The summed E-state index contributed by atoms with van der Waals surface area (Å²) in [7, 11) is 3.00. The van der Waals surface area contributed by atoms with E-state index < -0.39 is 11.7 Å². The first-order valence-corrected chi connectivity index (χ1v) is 4.86. The van der Waals surface area contributed by atoms with E-state index >= 15 is 0 Å². The maximum absolute atomic E-state index is 12.5. The zero-order valence-electron chi connectivity index (χ0n) is 8.78. The number of rotatable bonds is 3. The van der Waals surface area contributed by atoms with Gasteiger partial charge in [0.05, 0.1) is 17.7 Å². The number of halogens is 4. The van der Waals surface area contributed by atoms with E-state index in [1.807, 2.05) is 0 Å². The monoisotopic (exact) mass is 253 g/mol. The molecule has 1 aromatic carbocycles. The molecule has 0 bridgehead atoms. The van der Waals surface area contributed by atoms with Crippen LogP contribution in [0.1, 0.15) is 11.1 Å². The van der Waals surface area contributed by atoms with Gasteiger partial charge < -0.3 is 10.1 Å². The Morgan fingerprint density at radius 2 is 2.00 bits per heavy atom. The minimum absolute atomic E-state index is 0.0393. The summed E-state index contributed by atoms with van der Waals surface area (Å²) in [5, 5.41) is 2.72. The smallest absolute Gasteiger partial charge is 0.416 e. The molecule has 0 aliphatic rings. The molecular formula is C10H11ClF3NO. The summed E-state index contributed by atoms with van der Waals surface area (Å²) in [6.45, 7) is 0.257. The second-order valence-electron chi connectivity index (χ2n) is 3.18. The van der Waals surface area contributed by atoms with Gasteiger partial charge in [-0.25, -0.2) is 0 Å². The van der Waals surface area contributed by atoms with Crippen molar-refractivity contribution in [3.63, 3.8) is 0 Å². The van der Waals surface area contributed by atoms with Crippen LogP contribution < -0.4 is 10.1 Å². The van der Waals surface area contributed by atoms with Gasteiger partial charge in [-0.2, -0.15) is 13.2 Å². The molecule has 2 nitrogen and oxygen atoms in total. The van der Waals surface area contributed by atoms with E-state index in [-0.39, 0.29) is 17.3 Å². The van der Waals surface area contributed by atoms with E-state index in [1.165, 1.54) is 7.11 Å². The third-order valence-electron chi connectivity index (χ3n) is 2.02. The van der Waals surface area contributed by atoms with Gasteiger partial charge in [-0.3, -0.25) is 0 Å². The molecule has 1 N–H and O–H groups in total. The molecule has 0 spiro atoms. The molecule has 0 radical (unpaired) electrons. The molecule has 90 valence electrons. The van der Waals surface area contributed by atoms with Crippen molar-refractivity contribution in [3.8, 4) is 5.75 Å². The summed E-state index contributed by atoms with van der Waals surface area (Å²) in [4.78, 5) is 0. The van der Waals surface area contributed by atoms with Crippen molar-refractivity contribution < 1.29 is 17.9 Å². The summed E-state index contributed by atoms with van der Waals surface area (Å²) in [5.41, 5.74) is -0.395. The Morgan fingerprint density at radius 3 is 2.44 bits per heavy atom. The number of hydrogen-bond donors (Lipinski definition) is 1. The fraction of sp³-hybridized carbons (Fsp3) is 0.400. The quantitative estimate of drug-likeness (QED) is 0.894. The molecule has 1 rings (SSSR count). The molecule has 0 aromatic heterocycles. The molecule has 6 heteroatoms. The van der Waals surface area contributed by atoms with Crippen LogP contribution in [0.2, 0.25) is 5.02 Å². The molecular weight excluding hydrogens is 243 g/mol. The Kier molecular flexibility index (Phi) is 4.04. The fourth-order valence-corrected chi connectivity index (χ4v) is 1.68. The van der Waals surface area contributed by atoms with E-state index in [9.17, 15) is 13.2 Å². The topological polar surface area (TPSA) is 21.3 Å². The molecule has 16 heavy (non-hydrogen) atoms. The number of alkyl halides is 3. The van der Waals surface area contributed by atoms with Crippen LogP contribution in [-0.4, -0.2) is 14.2 Å². The second kappa shape index (κ2) is 4.93. The number of hydrogen-bond acceptors (Lipinski definition) is 2. The Bertz CT molecular complexity index is 379. The van der Waals surface area contributed by atoms with Crippen molar-refractivity contribution in [3.05, 3.63) is 28.3 Å². The molecule has 0 unspecified atom stereocenters. The standard InChI is InChI=1S/C10H11ClF3NO/c1-15-5-6-3-7(10(12,13)14)4-8(11)9(6)16-2/h3-4,15H,5H2,1-2H3. The highest BCUT2D eigenvalue weighted by molar-refractivity contribution is 6.32. The van der Waals surface area contributed by atoms with E-state index in [4.69, 9.17) is 16.3 Å². The molecule has 0 fully saturated rings. The van der Waals surface area contributed by atoms with Gasteiger partial charge in [0.15, 0.2) is 0 Å². The van der Waals surface area contributed by atoms with Crippen molar-refractivity contribution in [2.24, 2.45) is 0 Å². The van der Waals surface area contributed by atoms with Gasteiger partial charge in [0.2, 0.25) is 0 Å². The maximum atomic E-state index is 12.5. The Morgan fingerprint density at radius 1 is 1.38 bits per heavy atom. The van der Waals surface area contributed by atoms with Crippen LogP contribution in [0.3, 0.4) is 0 Å². The maximum Gasteiger partial charge on any atom is 0.416 e. The Hall–Kier alpha value is -0.940. The lowest BCUT2D eigenvalue weighted by Gasteiger charge is -2.14. The third-order valence-corrected chi connectivity index (χ3v) is 2.30. The van der Waals surface area contributed by atoms with Crippen LogP contribution >= 0.6 is 11.6 Å². The summed E-state index contributed by atoms with van der Waals surface area (Å²) in [6.07, 6.45) is -4.40. The van der Waals surface area contributed by atoms with Crippen molar-refractivity contribution in [2.75, 3.05) is 14.2 Å². The lowest BCUT2D eigenvalue weighted by molar-refractivity contribution is -0.137. The first-order chi connectivity index (χ1) is 7.40. The van der Waals surface area contributed by atoms with Crippen LogP contribution in [0, 0.1) is 0 Å². The lowest BCUT2D eigenvalue weighted by Crippen LogP contribution is -2.11. The van der Waals surface area contributed by atoms with E-state index in [2.05, 4.69) is 5.32 Å². The van der Waals surface area contributed by atoms with Gasteiger partial charge in [-0.05, 0) is 19.2 Å². The van der Waals surface area contributed by atoms with Crippen molar-refractivity contribution in [2.45, 2.75) is 12.7 Å². The van der Waals surface area contributed by atoms with Crippen molar-refractivity contribution in [1.29, 1.82) is 0 Å². The Labute approximate surface area is 96.4 Å². The van der Waals surface area contributed by atoms with Gasteiger partial charge in [0.25, 0.3) is 0 Å². The molecule has 0 atom stereocenters.